The zero-order valence-electron chi connectivity index (χ0n) is 20.6. The minimum absolute atomic E-state index is 0.0867. The minimum Gasteiger partial charge on any atom is -0.507 e. The zero-order chi connectivity index (χ0) is 24.6. The zero-order valence-corrected chi connectivity index (χ0v) is 20.6. The second kappa shape index (κ2) is 9.63. The van der Waals surface area contributed by atoms with Crippen molar-refractivity contribution in [3.63, 3.8) is 0 Å². The standard InChI is InChI=1S/C28H33NO5/c1-16(2)19-8-10-20(11-9-19)24-23(25(30)22-14-17(3)13-18(4)27(22)33-5)26(31)28(32)29(24)15-21-7-6-12-34-21/h8-11,13-14,16,21,24,30H,6-7,12,15H2,1-5H3/b25-23+. The second-order valence-corrected chi connectivity index (χ2v) is 9.57. The van der Waals surface area contributed by atoms with Gasteiger partial charge in [0.25, 0.3) is 11.7 Å². The molecule has 180 valence electrons. The number of nitrogens with zero attached hydrogens (tertiary/aromatic N) is 1. The van der Waals surface area contributed by atoms with Gasteiger partial charge >= 0.3 is 0 Å². The molecule has 2 saturated heterocycles. The SMILES string of the molecule is COc1c(C)cc(C)cc1/C(O)=C1\C(=O)C(=O)N(CC2CCCO2)C1c1ccc(C(C)C)cc1. The van der Waals surface area contributed by atoms with Gasteiger partial charge in [-0.1, -0.05) is 44.2 Å². The highest BCUT2D eigenvalue weighted by Crippen LogP contribution is 2.42. The molecule has 2 aliphatic rings. The smallest absolute Gasteiger partial charge is 0.295 e. The number of benzene rings is 2. The molecule has 0 spiro atoms. The fraction of sp³-hybridized carbons (Fsp3) is 0.429. The van der Waals surface area contributed by atoms with E-state index in [2.05, 4.69) is 13.8 Å². The molecule has 2 unspecified atom stereocenters. The predicted octanol–water partition coefficient (Wildman–Crippen LogP) is 5.04. The number of carbonyl (C=O) groups excluding carboxylic acids is 2. The molecule has 2 atom stereocenters. The lowest BCUT2D eigenvalue weighted by Gasteiger charge is -2.28. The lowest BCUT2D eigenvalue weighted by atomic mass is 9.92. The van der Waals surface area contributed by atoms with Gasteiger partial charge in [-0.15, -0.1) is 0 Å². The Kier molecular flexibility index (Phi) is 6.80. The van der Waals surface area contributed by atoms with E-state index in [0.29, 0.717) is 30.4 Å². The van der Waals surface area contributed by atoms with Crippen LogP contribution in [0, 0.1) is 13.8 Å². The number of carbonyl (C=O) groups is 2. The molecule has 0 aliphatic carbocycles. The summed E-state index contributed by atoms with van der Waals surface area (Å²) in [7, 11) is 1.53. The highest BCUT2D eigenvalue weighted by atomic mass is 16.5. The topological polar surface area (TPSA) is 76.1 Å². The first-order chi connectivity index (χ1) is 16.2. The molecule has 6 nitrogen and oxygen atoms in total. The van der Waals surface area contributed by atoms with E-state index in [1.54, 1.807) is 11.0 Å². The lowest BCUT2D eigenvalue weighted by Crippen LogP contribution is -2.36. The average molecular weight is 464 g/mol. The molecule has 2 aromatic rings. The van der Waals surface area contributed by atoms with E-state index in [0.717, 1.165) is 35.1 Å². The third-order valence-corrected chi connectivity index (χ3v) is 6.76. The number of amides is 1. The molecule has 0 radical (unpaired) electrons. The first-order valence-corrected chi connectivity index (χ1v) is 11.9. The third kappa shape index (κ3) is 4.34. The Morgan fingerprint density at radius 1 is 1.18 bits per heavy atom. The van der Waals surface area contributed by atoms with Crippen molar-refractivity contribution in [1.82, 2.24) is 4.90 Å². The van der Waals surface area contributed by atoms with Crippen molar-refractivity contribution in [3.05, 3.63) is 69.8 Å². The van der Waals surface area contributed by atoms with Crippen LogP contribution in [0.3, 0.4) is 0 Å². The number of likely N-dealkylation sites (tertiary alicyclic amines) is 1. The van der Waals surface area contributed by atoms with Crippen LogP contribution >= 0.6 is 0 Å². The molecule has 4 rings (SSSR count). The summed E-state index contributed by atoms with van der Waals surface area (Å²) in [5, 5.41) is 11.5. The van der Waals surface area contributed by atoms with Crippen molar-refractivity contribution >= 4 is 17.4 Å². The number of Topliss-reactive ketones (excluding diaryl/α,β-unsaturated/α-hetero) is 1. The van der Waals surface area contributed by atoms with Crippen LogP contribution in [0.2, 0.25) is 0 Å². The van der Waals surface area contributed by atoms with Gasteiger partial charge in [-0.25, -0.2) is 0 Å². The molecule has 34 heavy (non-hydrogen) atoms. The molecule has 2 heterocycles. The number of rotatable bonds is 6. The number of hydrogen-bond donors (Lipinski definition) is 1. The van der Waals surface area contributed by atoms with Gasteiger partial charge in [-0.2, -0.15) is 0 Å². The van der Waals surface area contributed by atoms with Gasteiger partial charge in [0.15, 0.2) is 0 Å². The fourth-order valence-electron chi connectivity index (χ4n) is 5.03. The molecule has 6 heteroatoms. The quantitative estimate of drug-likeness (QED) is 0.369. The maximum absolute atomic E-state index is 13.3. The van der Waals surface area contributed by atoms with Gasteiger partial charge < -0.3 is 19.5 Å². The summed E-state index contributed by atoms with van der Waals surface area (Å²) in [4.78, 5) is 28.1. The van der Waals surface area contributed by atoms with Crippen LogP contribution in [0.5, 0.6) is 5.75 Å². The summed E-state index contributed by atoms with van der Waals surface area (Å²) >= 11 is 0. The number of methoxy groups -OCH3 is 1. The fourth-order valence-corrected chi connectivity index (χ4v) is 5.03. The molecular weight excluding hydrogens is 430 g/mol. The van der Waals surface area contributed by atoms with Crippen LogP contribution in [0.1, 0.15) is 66.5 Å². The van der Waals surface area contributed by atoms with Crippen LogP contribution in [0.15, 0.2) is 42.0 Å². The Bertz CT molecular complexity index is 1130. The highest BCUT2D eigenvalue weighted by molar-refractivity contribution is 6.46. The number of aliphatic hydroxyl groups is 1. The third-order valence-electron chi connectivity index (χ3n) is 6.76. The van der Waals surface area contributed by atoms with Gasteiger partial charge in [0.05, 0.1) is 30.4 Å². The van der Waals surface area contributed by atoms with Crippen molar-refractivity contribution in [3.8, 4) is 5.75 Å². The Hall–Kier alpha value is -3.12. The van der Waals surface area contributed by atoms with E-state index in [9.17, 15) is 14.7 Å². The van der Waals surface area contributed by atoms with E-state index < -0.39 is 17.7 Å². The van der Waals surface area contributed by atoms with E-state index in [4.69, 9.17) is 9.47 Å². The predicted molar refractivity (Wildman–Crippen MR) is 131 cm³/mol. The molecule has 1 N–H and O–H groups in total. The molecule has 2 aliphatic heterocycles. The van der Waals surface area contributed by atoms with Gasteiger partial charge in [-0.05, 0) is 60.9 Å². The summed E-state index contributed by atoms with van der Waals surface area (Å²) in [6, 6.07) is 11.0. The van der Waals surface area contributed by atoms with Gasteiger partial charge in [-0.3, -0.25) is 9.59 Å². The van der Waals surface area contributed by atoms with Crippen molar-refractivity contribution in [2.45, 2.75) is 58.6 Å². The summed E-state index contributed by atoms with van der Waals surface area (Å²) < 4.78 is 11.3. The molecular formula is C28H33NO5. The summed E-state index contributed by atoms with van der Waals surface area (Å²) in [6.45, 7) is 9.00. The highest BCUT2D eigenvalue weighted by Gasteiger charge is 2.47. The molecule has 0 bridgehead atoms. The average Bonchev–Trinajstić information content (AvgIpc) is 3.40. The second-order valence-electron chi connectivity index (χ2n) is 9.57. The first kappa shape index (κ1) is 24.0. The number of ketones is 1. The monoisotopic (exact) mass is 463 g/mol. The van der Waals surface area contributed by atoms with Gasteiger partial charge in [0.1, 0.15) is 11.5 Å². The molecule has 2 aromatic carbocycles. The van der Waals surface area contributed by atoms with E-state index in [-0.39, 0.29) is 17.4 Å². The Morgan fingerprint density at radius 2 is 1.88 bits per heavy atom. The number of aryl methyl sites for hydroxylation is 2. The van der Waals surface area contributed by atoms with Gasteiger partial charge in [0.2, 0.25) is 0 Å². The maximum atomic E-state index is 13.3. The summed E-state index contributed by atoms with van der Waals surface area (Å²) in [5.41, 5.74) is 4.21. The van der Waals surface area contributed by atoms with Gasteiger partial charge in [0, 0.05) is 13.2 Å². The van der Waals surface area contributed by atoms with Crippen LogP contribution in [0.25, 0.3) is 5.76 Å². The van der Waals surface area contributed by atoms with E-state index in [1.807, 2.05) is 44.2 Å². The summed E-state index contributed by atoms with van der Waals surface area (Å²) in [6.07, 6.45) is 1.65. The van der Waals surface area contributed by atoms with E-state index >= 15 is 0 Å². The van der Waals surface area contributed by atoms with E-state index in [1.165, 1.54) is 7.11 Å². The number of hydrogen-bond acceptors (Lipinski definition) is 5. The number of aliphatic hydroxyl groups excluding tert-OH is 1. The van der Waals surface area contributed by atoms with Crippen molar-refractivity contribution in [1.29, 1.82) is 0 Å². The largest absolute Gasteiger partial charge is 0.507 e. The summed E-state index contributed by atoms with van der Waals surface area (Å²) in [5.74, 6) is -0.670. The Labute approximate surface area is 201 Å². The Balaban J connectivity index is 1.88. The van der Waals surface area contributed by atoms with Crippen molar-refractivity contribution < 1.29 is 24.2 Å². The maximum Gasteiger partial charge on any atom is 0.295 e. The molecule has 2 fully saturated rings. The van der Waals surface area contributed by atoms with Crippen molar-refractivity contribution in [2.24, 2.45) is 0 Å². The minimum atomic E-state index is -0.698. The first-order valence-electron chi connectivity index (χ1n) is 11.9. The molecule has 0 aromatic heterocycles. The molecule has 1 amide bonds. The van der Waals surface area contributed by atoms with Crippen LogP contribution in [-0.2, 0) is 14.3 Å². The molecule has 0 saturated carbocycles. The normalized spacial score (nSPS) is 22.1. The van der Waals surface area contributed by atoms with Crippen LogP contribution < -0.4 is 4.74 Å². The lowest BCUT2D eigenvalue weighted by molar-refractivity contribution is -0.140. The Morgan fingerprint density at radius 3 is 2.47 bits per heavy atom. The van der Waals surface area contributed by atoms with Crippen LogP contribution in [-0.4, -0.2) is 48.1 Å². The van der Waals surface area contributed by atoms with Crippen LogP contribution in [0.4, 0.5) is 0 Å². The number of ether oxygens (including phenoxy) is 2. The van der Waals surface area contributed by atoms with Crippen molar-refractivity contribution in [2.75, 3.05) is 20.3 Å².